The topological polar surface area (TPSA) is 84.0 Å². The van der Waals surface area contributed by atoms with Gasteiger partial charge in [0.1, 0.15) is 0 Å². The molecule has 0 spiro atoms. The van der Waals surface area contributed by atoms with Gasteiger partial charge in [0.05, 0.1) is 0 Å². The van der Waals surface area contributed by atoms with Crippen molar-refractivity contribution >= 4 is 45.2 Å². The number of nitrogens with zero attached hydrogens (tertiary/aromatic N) is 4. The van der Waals surface area contributed by atoms with Crippen LogP contribution in [0.2, 0.25) is 5.02 Å². The van der Waals surface area contributed by atoms with Gasteiger partial charge in [0.25, 0.3) is 0 Å². The van der Waals surface area contributed by atoms with Gasteiger partial charge in [-0.2, -0.15) is 6.20 Å². The van der Waals surface area contributed by atoms with E-state index in [0.29, 0.717) is 37.3 Å². The molecule has 0 radical (unpaired) electrons. The Hall–Kier alpha value is -2.45. The summed E-state index contributed by atoms with van der Waals surface area (Å²) in [4.78, 5) is 30.8. The number of hydrogen-bond donors (Lipinski definition) is 1. The van der Waals surface area contributed by atoms with E-state index in [2.05, 4.69) is 43.9 Å². The lowest BCUT2D eigenvalue weighted by Crippen LogP contribution is -2.44. The second-order valence-electron chi connectivity index (χ2n) is 12.3. The minimum absolute atomic E-state index is 0.289. The van der Waals surface area contributed by atoms with Gasteiger partial charge in [0.2, 0.25) is 5.91 Å². The van der Waals surface area contributed by atoms with Crippen LogP contribution in [-0.2, 0) is 11.2 Å². The van der Waals surface area contributed by atoms with Gasteiger partial charge in [-0.15, -0.1) is 5.70 Å². The van der Waals surface area contributed by atoms with Gasteiger partial charge in [0.15, 0.2) is 0 Å². The highest BCUT2D eigenvalue weighted by Crippen LogP contribution is 2.44. The van der Waals surface area contributed by atoms with Gasteiger partial charge in [-0.25, -0.2) is 4.79 Å². The number of fused-ring (bicyclic) bond motifs is 2. The zero-order valence-corrected chi connectivity index (χ0v) is 26.0. The molecule has 1 aliphatic carbocycles. The molecule has 0 atom stereocenters. The number of amides is 3. The molecule has 4 aliphatic heterocycles. The van der Waals surface area contributed by atoms with Gasteiger partial charge in [-0.1, -0.05) is 39.2 Å². The van der Waals surface area contributed by atoms with Crippen molar-refractivity contribution in [3.8, 4) is 0 Å². The summed E-state index contributed by atoms with van der Waals surface area (Å²) in [7, 11) is 0. The van der Waals surface area contributed by atoms with E-state index in [1.54, 1.807) is 4.90 Å². The number of carbonyl (C=O) groups is 2. The molecule has 0 bridgehead atoms. The number of halogens is 2. The second-order valence-corrected chi connectivity index (χ2v) is 13.7. The van der Waals surface area contributed by atoms with E-state index >= 15 is 0 Å². The van der Waals surface area contributed by atoms with Crippen LogP contribution >= 0.6 is 27.5 Å². The molecule has 3 fully saturated rings. The number of piperidine rings is 3. The maximum Gasteiger partial charge on any atom is 0.314 e. The molecule has 220 valence electrons. The molecule has 41 heavy (non-hydrogen) atoms. The lowest BCUT2D eigenvalue weighted by molar-refractivity contribution is -0.134. The quantitative estimate of drug-likeness (QED) is 0.400. The number of primary amides is 1. The summed E-state index contributed by atoms with van der Waals surface area (Å²) < 4.78 is 1.02. The number of carbonyl (C=O) groups excluding carboxylic acids is 2. The summed E-state index contributed by atoms with van der Waals surface area (Å²) in [5.41, 5.74) is 11.6. The number of benzene rings is 1. The third kappa shape index (κ3) is 6.34. The number of hydrogen-bond acceptors (Lipinski definition) is 3. The van der Waals surface area contributed by atoms with Gasteiger partial charge < -0.3 is 25.8 Å². The summed E-state index contributed by atoms with van der Waals surface area (Å²) in [5.74, 6) is 2.04. The third-order valence-corrected chi connectivity index (χ3v) is 10.6. The number of aryl methyl sites for hydroxylation is 1. The SMILES string of the molecule is NC(=O)N1CCC(CC(=O)N2CCC(C3CCN(C4=C5[N-]C=C(Br)C=C5CCc5cc(Cl)ccc54)CC3)CC2)CC1. The van der Waals surface area contributed by atoms with E-state index in [9.17, 15) is 9.59 Å². The van der Waals surface area contributed by atoms with Gasteiger partial charge in [0, 0.05) is 56.4 Å². The molecule has 2 N–H and O–H groups in total. The van der Waals surface area contributed by atoms with Crippen LogP contribution in [0, 0.1) is 17.8 Å². The molecule has 3 saturated heterocycles. The fraction of sp³-hybridized carbons (Fsp3) is 0.562. The van der Waals surface area contributed by atoms with Crippen LogP contribution in [0.4, 0.5) is 4.79 Å². The number of urea groups is 1. The molecule has 1 aromatic carbocycles. The van der Waals surface area contributed by atoms with E-state index in [-0.39, 0.29) is 11.9 Å². The predicted octanol–water partition coefficient (Wildman–Crippen LogP) is 6.64. The summed E-state index contributed by atoms with van der Waals surface area (Å²) in [6.07, 6.45) is 13.0. The first kappa shape index (κ1) is 28.7. The Morgan fingerprint density at radius 1 is 0.927 bits per heavy atom. The van der Waals surface area contributed by atoms with Crippen LogP contribution in [0.25, 0.3) is 11.0 Å². The minimum atomic E-state index is -0.347. The van der Waals surface area contributed by atoms with Crippen LogP contribution in [0.3, 0.4) is 0 Å². The van der Waals surface area contributed by atoms with E-state index in [0.717, 1.165) is 79.9 Å². The Balaban J connectivity index is 1.05. The zero-order chi connectivity index (χ0) is 28.5. The molecule has 6 rings (SSSR count). The molecular weight excluding hydrogens is 602 g/mol. The van der Waals surface area contributed by atoms with Crippen molar-refractivity contribution in [2.24, 2.45) is 23.5 Å². The number of likely N-dealkylation sites (tertiary alicyclic amines) is 3. The number of nitrogens with two attached hydrogens (primary N) is 1. The smallest absolute Gasteiger partial charge is 0.314 e. The molecule has 0 saturated carbocycles. The van der Waals surface area contributed by atoms with Crippen molar-refractivity contribution < 1.29 is 9.59 Å². The lowest BCUT2D eigenvalue weighted by Gasteiger charge is -2.44. The summed E-state index contributed by atoms with van der Waals surface area (Å²) in [6, 6.07) is 5.98. The van der Waals surface area contributed by atoms with E-state index in [1.807, 2.05) is 12.3 Å². The standard InChI is InChI=1S/C32H40BrClN5O2/c33-26-18-25-2-1-24-19-27(34)3-4-28(24)31(30(25)36-20-26)38-15-9-23(10-16-38)22-7-13-37(14-8-22)29(40)17-21-5-11-39(12-6-21)32(35)41/h3-4,18-23H,1-2,5-17H2,(H2,35,41)/q-1. The molecule has 4 heterocycles. The number of allylic oxidation sites excluding steroid dienone is 3. The largest absolute Gasteiger partial charge is 0.661 e. The summed E-state index contributed by atoms with van der Waals surface area (Å²) in [5, 5.41) is 5.72. The first-order chi connectivity index (χ1) is 19.9. The van der Waals surface area contributed by atoms with Gasteiger partial charge >= 0.3 is 6.03 Å². The fourth-order valence-electron chi connectivity index (χ4n) is 7.55. The van der Waals surface area contributed by atoms with E-state index < -0.39 is 0 Å². The minimum Gasteiger partial charge on any atom is -0.661 e. The summed E-state index contributed by atoms with van der Waals surface area (Å²) >= 11 is 10.0. The van der Waals surface area contributed by atoms with Crippen molar-refractivity contribution in [3.05, 3.63) is 67.7 Å². The van der Waals surface area contributed by atoms with Crippen LogP contribution in [0.5, 0.6) is 0 Å². The van der Waals surface area contributed by atoms with E-state index in [1.165, 1.54) is 35.2 Å². The van der Waals surface area contributed by atoms with Gasteiger partial charge in [-0.3, -0.25) is 4.79 Å². The van der Waals surface area contributed by atoms with Crippen molar-refractivity contribution in [2.75, 3.05) is 39.3 Å². The van der Waals surface area contributed by atoms with Crippen molar-refractivity contribution in [2.45, 2.75) is 57.8 Å². The van der Waals surface area contributed by atoms with Crippen LogP contribution in [-0.4, -0.2) is 65.9 Å². The highest BCUT2D eigenvalue weighted by Gasteiger charge is 2.33. The maximum absolute atomic E-state index is 13.0. The normalized spacial score (nSPS) is 22.8. The monoisotopic (exact) mass is 640 g/mol. The van der Waals surface area contributed by atoms with Crippen molar-refractivity contribution in [1.82, 2.24) is 14.7 Å². The Morgan fingerprint density at radius 3 is 2.27 bits per heavy atom. The lowest BCUT2D eigenvalue weighted by atomic mass is 9.78. The zero-order valence-electron chi connectivity index (χ0n) is 23.7. The van der Waals surface area contributed by atoms with Crippen molar-refractivity contribution in [3.63, 3.8) is 0 Å². The molecular formula is C32H40BrClN5O2-. The maximum atomic E-state index is 13.0. The highest BCUT2D eigenvalue weighted by molar-refractivity contribution is 9.11. The predicted molar refractivity (Wildman–Crippen MR) is 167 cm³/mol. The highest BCUT2D eigenvalue weighted by atomic mass is 79.9. The molecule has 1 aromatic rings. The average molecular weight is 642 g/mol. The number of rotatable bonds is 4. The van der Waals surface area contributed by atoms with Crippen molar-refractivity contribution in [1.29, 1.82) is 0 Å². The molecule has 7 nitrogen and oxygen atoms in total. The first-order valence-corrected chi connectivity index (χ1v) is 16.4. The molecule has 9 heteroatoms. The molecule has 0 unspecified atom stereocenters. The third-order valence-electron chi connectivity index (χ3n) is 9.95. The van der Waals surface area contributed by atoms with Crippen LogP contribution < -0.4 is 5.73 Å². The molecule has 3 amide bonds. The average Bonchev–Trinajstić information content (AvgIpc) is 3.14. The molecule has 0 aromatic heterocycles. The molecule has 5 aliphatic rings. The Morgan fingerprint density at radius 2 is 1.59 bits per heavy atom. The van der Waals surface area contributed by atoms with Gasteiger partial charge in [-0.05, 0) is 103 Å². The van der Waals surface area contributed by atoms with Crippen LogP contribution in [0.1, 0.15) is 62.5 Å². The Labute approximate surface area is 256 Å². The van der Waals surface area contributed by atoms with Crippen LogP contribution in [0.15, 0.2) is 46.2 Å². The first-order valence-electron chi connectivity index (χ1n) is 15.2. The second kappa shape index (κ2) is 12.4. The van der Waals surface area contributed by atoms with E-state index in [4.69, 9.17) is 22.7 Å². The Bertz CT molecular complexity index is 1270. The summed E-state index contributed by atoms with van der Waals surface area (Å²) in [6.45, 7) is 5.16. The Kier molecular flexibility index (Phi) is 8.68. The fourth-order valence-corrected chi connectivity index (χ4v) is 8.12.